The molecular weight excluding hydrogens is 192 g/mol. The maximum atomic E-state index is 10.7. The first-order chi connectivity index (χ1) is 6.11. The molecule has 72 valence electrons. The molecule has 0 aliphatic heterocycles. The maximum absolute atomic E-state index is 10.7. The van der Waals surface area contributed by atoms with Gasteiger partial charge >= 0.3 is 5.97 Å². The molecule has 0 bridgehead atoms. The van der Waals surface area contributed by atoms with Crippen molar-refractivity contribution in [2.24, 2.45) is 0 Å². The summed E-state index contributed by atoms with van der Waals surface area (Å²) in [5.41, 5.74) is 0.779. The average molecular weight is 203 g/mol. The summed E-state index contributed by atoms with van der Waals surface area (Å²) in [6.07, 6.45) is 0.687. The summed E-state index contributed by atoms with van der Waals surface area (Å²) >= 11 is 5.78. The lowest BCUT2D eigenvalue weighted by Crippen LogP contribution is -2.10. The molecule has 0 amide bonds. The van der Waals surface area contributed by atoms with Gasteiger partial charge in [0.05, 0.1) is 5.69 Å². The topological polar surface area (TPSA) is 55.1 Å². The standard InChI is InChI=1S/C8H11ClN2O2/c1-3-5-6(9)10-7(8(12)13)11(5)4-2/h3-4H2,1-2H3,(H,12,13). The zero-order chi connectivity index (χ0) is 10.0. The van der Waals surface area contributed by atoms with E-state index in [2.05, 4.69) is 4.98 Å². The van der Waals surface area contributed by atoms with Crippen LogP contribution in [0.25, 0.3) is 0 Å². The Balaban J connectivity index is 3.29. The van der Waals surface area contributed by atoms with Crippen molar-refractivity contribution < 1.29 is 9.90 Å². The van der Waals surface area contributed by atoms with Crippen LogP contribution in [0.5, 0.6) is 0 Å². The van der Waals surface area contributed by atoms with Crippen LogP contribution in [-0.2, 0) is 13.0 Å². The molecule has 0 fully saturated rings. The highest BCUT2D eigenvalue weighted by atomic mass is 35.5. The van der Waals surface area contributed by atoms with E-state index >= 15 is 0 Å². The van der Waals surface area contributed by atoms with E-state index in [4.69, 9.17) is 16.7 Å². The van der Waals surface area contributed by atoms with Crippen LogP contribution >= 0.6 is 11.6 Å². The van der Waals surface area contributed by atoms with Gasteiger partial charge in [0.15, 0.2) is 5.15 Å². The lowest BCUT2D eigenvalue weighted by atomic mass is 10.3. The lowest BCUT2D eigenvalue weighted by molar-refractivity contribution is 0.0678. The van der Waals surface area contributed by atoms with Crippen LogP contribution in [0.1, 0.15) is 30.2 Å². The SMILES string of the molecule is CCc1c(Cl)nc(C(=O)O)n1CC. The van der Waals surface area contributed by atoms with Crippen LogP contribution < -0.4 is 0 Å². The number of aromatic nitrogens is 2. The Kier molecular flexibility index (Phi) is 2.93. The Morgan fingerprint density at radius 2 is 2.23 bits per heavy atom. The third kappa shape index (κ3) is 1.67. The molecule has 4 nitrogen and oxygen atoms in total. The molecule has 0 unspecified atom stereocenters. The Labute approximate surface area is 81.2 Å². The van der Waals surface area contributed by atoms with E-state index in [0.717, 1.165) is 5.69 Å². The monoisotopic (exact) mass is 202 g/mol. The Bertz CT molecular complexity index is 333. The molecule has 0 spiro atoms. The molecule has 13 heavy (non-hydrogen) atoms. The van der Waals surface area contributed by atoms with Crippen LogP contribution in [0, 0.1) is 0 Å². The smallest absolute Gasteiger partial charge is 0.372 e. The number of carbonyl (C=O) groups is 1. The van der Waals surface area contributed by atoms with Gasteiger partial charge in [0.25, 0.3) is 0 Å². The van der Waals surface area contributed by atoms with Gasteiger partial charge in [-0.3, -0.25) is 0 Å². The summed E-state index contributed by atoms with van der Waals surface area (Å²) in [6.45, 7) is 4.36. The van der Waals surface area contributed by atoms with Gasteiger partial charge in [-0.05, 0) is 13.3 Å². The number of carboxylic acid groups (broad SMARTS) is 1. The van der Waals surface area contributed by atoms with E-state index in [1.54, 1.807) is 4.57 Å². The van der Waals surface area contributed by atoms with Crippen molar-refractivity contribution >= 4 is 17.6 Å². The van der Waals surface area contributed by atoms with Crippen molar-refractivity contribution in [2.75, 3.05) is 0 Å². The van der Waals surface area contributed by atoms with Crippen LogP contribution in [0.15, 0.2) is 0 Å². The summed E-state index contributed by atoms with van der Waals surface area (Å²) in [5, 5.41) is 9.08. The number of halogens is 1. The van der Waals surface area contributed by atoms with Gasteiger partial charge in [0.2, 0.25) is 5.82 Å². The number of carboxylic acids is 1. The Hall–Kier alpha value is -1.03. The zero-order valence-corrected chi connectivity index (χ0v) is 8.30. The Morgan fingerprint density at radius 3 is 2.62 bits per heavy atom. The molecule has 1 aromatic heterocycles. The number of nitrogens with zero attached hydrogens (tertiary/aromatic N) is 2. The minimum Gasteiger partial charge on any atom is -0.475 e. The molecular formula is C8H11ClN2O2. The van der Waals surface area contributed by atoms with E-state index in [1.165, 1.54) is 0 Å². The number of hydrogen-bond donors (Lipinski definition) is 1. The molecule has 0 aliphatic carbocycles. The van der Waals surface area contributed by atoms with E-state index in [0.29, 0.717) is 18.1 Å². The molecule has 0 aromatic carbocycles. The fraction of sp³-hybridized carbons (Fsp3) is 0.500. The van der Waals surface area contributed by atoms with Crippen molar-refractivity contribution in [3.8, 4) is 0 Å². The molecule has 1 aromatic rings. The maximum Gasteiger partial charge on any atom is 0.372 e. The first-order valence-corrected chi connectivity index (χ1v) is 4.47. The van der Waals surface area contributed by atoms with E-state index < -0.39 is 5.97 Å². The summed E-state index contributed by atoms with van der Waals surface area (Å²) in [5.74, 6) is -1.02. The van der Waals surface area contributed by atoms with Gasteiger partial charge in [0.1, 0.15) is 0 Å². The normalized spacial score (nSPS) is 10.4. The van der Waals surface area contributed by atoms with Gasteiger partial charge in [-0.15, -0.1) is 0 Å². The van der Waals surface area contributed by atoms with Crippen LogP contribution in [-0.4, -0.2) is 20.6 Å². The summed E-state index contributed by atoms with van der Waals surface area (Å²) in [4.78, 5) is 14.5. The van der Waals surface area contributed by atoms with Gasteiger partial charge < -0.3 is 9.67 Å². The van der Waals surface area contributed by atoms with Crippen molar-refractivity contribution in [3.05, 3.63) is 16.7 Å². The van der Waals surface area contributed by atoms with Gasteiger partial charge in [-0.2, -0.15) is 0 Å². The first kappa shape index (κ1) is 10.1. The van der Waals surface area contributed by atoms with Gasteiger partial charge in [-0.25, -0.2) is 9.78 Å². The van der Waals surface area contributed by atoms with Crippen molar-refractivity contribution in [1.29, 1.82) is 0 Å². The van der Waals surface area contributed by atoms with E-state index in [9.17, 15) is 4.79 Å². The molecule has 0 aliphatic rings. The lowest BCUT2D eigenvalue weighted by Gasteiger charge is -2.04. The summed E-state index contributed by atoms with van der Waals surface area (Å²) in [7, 11) is 0. The minimum absolute atomic E-state index is 0.0179. The van der Waals surface area contributed by atoms with Crippen LogP contribution in [0.4, 0.5) is 0 Å². The number of hydrogen-bond acceptors (Lipinski definition) is 2. The van der Waals surface area contributed by atoms with Crippen molar-refractivity contribution in [1.82, 2.24) is 9.55 Å². The quantitative estimate of drug-likeness (QED) is 0.814. The Morgan fingerprint density at radius 1 is 1.62 bits per heavy atom. The van der Waals surface area contributed by atoms with Crippen LogP contribution in [0.3, 0.4) is 0 Å². The molecule has 0 saturated heterocycles. The molecule has 0 radical (unpaired) electrons. The molecule has 0 saturated carbocycles. The second-order valence-electron chi connectivity index (χ2n) is 2.58. The fourth-order valence-electron chi connectivity index (χ4n) is 1.30. The predicted octanol–water partition coefficient (Wildman–Crippen LogP) is 1.82. The molecule has 1 N–H and O–H groups in total. The second kappa shape index (κ2) is 3.79. The van der Waals surface area contributed by atoms with Crippen molar-refractivity contribution in [2.45, 2.75) is 26.8 Å². The molecule has 1 rings (SSSR count). The number of aromatic carboxylic acids is 1. The van der Waals surface area contributed by atoms with E-state index in [-0.39, 0.29) is 5.82 Å². The zero-order valence-electron chi connectivity index (χ0n) is 7.54. The van der Waals surface area contributed by atoms with Gasteiger partial charge in [0, 0.05) is 6.54 Å². The fourth-order valence-corrected chi connectivity index (χ4v) is 1.61. The number of imidazole rings is 1. The summed E-state index contributed by atoms with van der Waals surface area (Å²) in [6, 6.07) is 0. The number of rotatable bonds is 3. The van der Waals surface area contributed by atoms with Crippen molar-refractivity contribution in [3.63, 3.8) is 0 Å². The second-order valence-corrected chi connectivity index (χ2v) is 2.93. The molecule has 1 heterocycles. The largest absolute Gasteiger partial charge is 0.475 e. The first-order valence-electron chi connectivity index (χ1n) is 4.10. The highest BCUT2D eigenvalue weighted by molar-refractivity contribution is 6.30. The minimum atomic E-state index is -1.04. The highest BCUT2D eigenvalue weighted by Gasteiger charge is 2.17. The molecule has 0 atom stereocenters. The van der Waals surface area contributed by atoms with Gasteiger partial charge in [-0.1, -0.05) is 18.5 Å². The van der Waals surface area contributed by atoms with Crippen LogP contribution in [0.2, 0.25) is 5.15 Å². The van der Waals surface area contributed by atoms with E-state index in [1.807, 2.05) is 13.8 Å². The third-order valence-electron chi connectivity index (χ3n) is 1.87. The molecule has 5 heteroatoms. The third-order valence-corrected chi connectivity index (χ3v) is 2.17. The summed E-state index contributed by atoms with van der Waals surface area (Å²) < 4.78 is 1.62. The average Bonchev–Trinajstić information content (AvgIpc) is 2.41. The highest BCUT2D eigenvalue weighted by Crippen LogP contribution is 2.17. The predicted molar refractivity (Wildman–Crippen MR) is 49.2 cm³/mol.